The van der Waals surface area contributed by atoms with Crippen LogP contribution in [0.15, 0.2) is 59.1 Å². The molecule has 0 spiro atoms. The first-order valence-corrected chi connectivity index (χ1v) is 15.2. The van der Waals surface area contributed by atoms with E-state index in [2.05, 4.69) is 9.82 Å². The average molecular weight is 547 g/mol. The Hall–Kier alpha value is -1.96. The van der Waals surface area contributed by atoms with E-state index in [1.807, 2.05) is 35.3 Å². The van der Waals surface area contributed by atoms with Gasteiger partial charge < -0.3 is 0 Å². The Morgan fingerprint density at radius 1 is 1.31 bits per heavy atom. The van der Waals surface area contributed by atoms with Crippen molar-refractivity contribution in [2.45, 2.75) is 11.7 Å². The molecule has 2 atom stereocenters. The minimum absolute atomic E-state index is 0.0468. The molecule has 2 aromatic heterocycles. The van der Waals surface area contributed by atoms with E-state index in [1.165, 1.54) is 24.1 Å². The molecule has 0 unspecified atom stereocenters. The summed E-state index contributed by atoms with van der Waals surface area (Å²) in [5.41, 5.74) is 0.862. The van der Waals surface area contributed by atoms with Gasteiger partial charge in [0, 0.05) is 0 Å². The monoisotopic (exact) mass is 547 g/mol. The molecular weight excluding hydrogens is 529 g/mol. The van der Waals surface area contributed by atoms with E-state index in [9.17, 15) is 18.3 Å². The van der Waals surface area contributed by atoms with Crippen LogP contribution in [0.5, 0.6) is 5.75 Å². The summed E-state index contributed by atoms with van der Waals surface area (Å²) >= 11 is -1.12. The zero-order valence-corrected chi connectivity index (χ0v) is 19.2. The van der Waals surface area contributed by atoms with Gasteiger partial charge in [0.1, 0.15) is 0 Å². The number of aliphatic carboxylic acids is 1. The van der Waals surface area contributed by atoms with Crippen molar-refractivity contribution in [3.05, 3.63) is 60.4 Å². The van der Waals surface area contributed by atoms with Gasteiger partial charge in [-0.1, -0.05) is 0 Å². The third kappa shape index (κ3) is 3.45. The van der Waals surface area contributed by atoms with Crippen molar-refractivity contribution in [1.29, 1.82) is 0 Å². The molecule has 0 aliphatic carbocycles. The van der Waals surface area contributed by atoms with E-state index in [4.69, 9.17) is 4.74 Å². The molecule has 0 radical (unpaired) electrons. The van der Waals surface area contributed by atoms with Crippen molar-refractivity contribution in [3.63, 3.8) is 0 Å². The van der Waals surface area contributed by atoms with Gasteiger partial charge >= 0.3 is 180 Å². The molecule has 0 saturated carbocycles. The Kier molecular flexibility index (Phi) is 5.17. The van der Waals surface area contributed by atoms with E-state index in [-0.39, 0.29) is 8.13 Å². The molecule has 1 saturated heterocycles. The quantitative estimate of drug-likeness (QED) is 0.268. The van der Waals surface area contributed by atoms with Crippen LogP contribution in [-0.4, -0.2) is 44.9 Å². The first-order valence-electron chi connectivity index (χ1n) is 8.39. The van der Waals surface area contributed by atoms with E-state index in [0.29, 0.717) is 10.8 Å². The van der Waals surface area contributed by atoms with Crippen LogP contribution in [-0.2, 0) is 14.8 Å². The average Bonchev–Trinajstić information content (AvgIpc) is 3.13. The Balaban J connectivity index is 1.63. The van der Waals surface area contributed by atoms with Crippen molar-refractivity contribution >= 4 is 47.1 Å². The summed E-state index contributed by atoms with van der Waals surface area (Å²) in [7, 11) is -2.49. The Bertz CT molecular complexity index is 1160. The summed E-state index contributed by atoms with van der Waals surface area (Å²) < 4.78 is 33.5. The van der Waals surface area contributed by atoms with Crippen LogP contribution in [0, 0.1) is 0 Å². The first-order chi connectivity index (χ1) is 13.8. The second-order valence-electron chi connectivity index (χ2n) is 6.33. The van der Waals surface area contributed by atoms with Gasteiger partial charge in [0.25, 0.3) is 0 Å². The van der Waals surface area contributed by atoms with E-state index in [1.54, 1.807) is 12.3 Å². The molecule has 0 bridgehead atoms. The number of methoxy groups -OCH3 is 1. The molecule has 4 rings (SSSR count). The number of rotatable bonds is 7. The number of alkyl halides is 3. The zero-order chi connectivity index (χ0) is 20.8. The molecule has 2 N–H and O–H groups in total. The summed E-state index contributed by atoms with van der Waals surface area (Å²) in [5, 5.41) is 14.6. The number of thiophene rings is 1. The second-order valence-corrected chi connectivity index (χ2v) is 15.2. The third-order valence-electron chi connectivity index (χ3n) is 4.64. The Morgan fingerprint density at radius 2 is 2.03 bits per heavy atom. The molecule has 3 aromatic rings. The topological polar surface area (TPSA) is 111 Å². The van der Waals surface area contributed by atoms with E-state index >= 15 is 0 Å². The molecular formula is C18H18IN3O5S2. The minimum atomic E-state index is -4.01. The van der Waals surface area contributed by atoms with Gasteiger partial charge in [-0.2, -0.15) is 0 Å². The molecule has 1 fully saturated rings. The SMILES string of the molecule is COc1cnn(-c2ccc(S(=O)(=O)N[C@]3(C(=O)O)[C@@H](c4ccccc4)I3C)s2)c1. The van der Waals surface area contributed by atoms with Crippen LogP contribution in [0.25, 0.3) is 5.00 Å². The van der Waals surface area contributed by atoms with Crippen LogP contribution in [0.4, 0.5) is 0 Å². The standard InChI is InChI=1S/C18H18IN3O5S2/c1-19-16(12-6-4-3-5-7-12)18(19,17(23)24)21-29(25,26)15-9-8-14(28-15)22-11-13(27-2)10-20-22/h3-11,16,21H,1-2H3,(H,23,24)/t16-,18+/m1/s1. The summed E-state index contributed by atoms with van der Waals surface area (Å²) in [6.45, 7) is 0. The van der Waals surface area contributed by atoms with Gasteiger partial charge in [-0.15, -0.1) is 0 Å². The normalized spacial score (nSPS) is 22.4. The Morgan fingerprint density at radius 3 is 2.66 bits per heavy atom. The van der Waals surface area contributed by atoms with Crippen LogP contribution in [0.2, 0.25) is 0 Å². The van der Waals surface area contributed by atoms with Crippen molar-refractivity contribution < 1.29 is 23.1 Å². The van der Waals surface area contributed by atoms with Gasteiger partial charge in [0.05, 0.1) is 0 Å². The molecule has 154 valence electrons. The number of hydrogen-bond donors (Lipinski definition) is 2. The molecule has 1 aromatic carbocycles. The molecule has 0 amide bonds. The van der Waals surface area contributed by atoms with Gasteiger partial charge in [0.15, 0.2) is 0 Å². The fourth-order valence-corrected chi connectivity index (χ4v) is 14.4. The Labute approximate surface area is 179 Å². The molecule has 1 aliphatic rings. The number of aromatic nitrogens is 2. The zero-order valence-electron chi connectivity index (χ0n) is 15.4. The molecule has 8 nitrogen and oxygen atoms in total. The summed E-state index contributed by atoms with van der Waals surface area (Å²) in [6, 6.07) is 12.3. The van der Waals surface area contributed by atoms with Crippen LogP contribution < -0.4 is 9.46 Å². The number of carbonyl (C=O) groups is 1. The van der Waals surface area contributed by atoms with Gasteiger partial charge in [-0.05, 0) is 0 Å². The third-order valence-corrected chi connectivity index (χ3v) is 14.9. The molecule has 11 heteroatoms. The van der Waals surface area contributed by atoms with Crippen molar-refractivity contribution in [3.8, 4) is 10.8 Å². The van der Waals surface area contributed by atoms with E-state index < -0.39 is 39.4 Å². The van der Waals surface area contributed by atoms with Gasteiger partial charge in [0.2, 0.25) is 0 Å². The number of nitrogens with zero attached hydrogens (tertiary/aromatic N) is 2. The predicted molar refractivity (Wildman–Crippen MR) is 118 cm³/mol. The van der Waals surface area contributed by atoms with E-state index in [0.717, 1.165) is 16.9 Å². The molecule has 29 heavy (non-hydrogen) atoms. The summed E-state index contributed by atoms with van der Waals surface area (Å²) in [4.78, 5) is 14.0. The number of ether oxygens (including phenoxy) is 1. The van der Waals surface area contributed by atoms with Crippen LogP contribution >= 0.6 is 31.2 Å². The number of carboxylic acid groups (broad SMARTS) is 1. The number of hydrogen-bond acceptors (Lipinski definition) is 6. The summed E-state index contributed by atoms with van der Waals surface area (Å²) in [5.74, 6) is -0.564. The first kappa shape index (κ1) is 20.3. The van der Waals surface area contributed by atoms with Crippen LogP contribution in [0.1, 0.15) is 9.49 Å². The number of sulfonamides is 1. The van der Waals surface area contributed by atoms with Crippen molar-refractivity contribution in [2.24, 2.45) is 0 Å². The second kappa shape index (κ2) is 7.38. The van der Waals surface area contributed by atoms with Gasteiger partial charge in [-0.3, -0.25) is 0 Å². The fourth-order valence-electron chi connectivity index (χ4n) is 3.13. The number of carboxylic acids is 1. The maximum atomic E-state index is 13.0. The maximum absolute atomic E-state index is 13.0. The van der Waals surface area contributed by atoms with Crippen LogP contribution in [0.3, 0.4) is 0 Å². The summed E-state index contributed by atoms with van der Waals surface area (Å²) in [6.07, 6.45) is 3.16. The fraction of sp³-hybridized carbons (Fsp3) is 0.222. The number of halogens is 1. The predicted octanol–water partition coefficient (Wildman–Crippen LogP) is 2.89. The van der Waals surface area contributed by atoms with Crippen molar-refractivity contribution in [2.75, 3.05) is 12.0 Å². The van der Waals surface area contributed by atoms with Crippen molar-refractivity contribution in [1.82, 2.24) is 14.5 Å². The number of benzene rings is 1. The van der Waals surface area contributed by atoms with Gasteiger partial charge in [-0.25, -0.2) is 0 Å². The number of nitrogens with one attached hydrogen (secondary N) is 1. The molecule has 1 aliphatic heterocycles. The molecule has 3 heterocycles.